The average molecular weight is 1640 g/mol. The molecule has 0 spiro atoms. The van der Waals surface area contributed by atoms with Crippen molar-refractivity contribution >= 4 is 103 Å². The van der Waals surface area contributed by atoms with E-state index in [1.54, 1.807) is 7.11 Å². The summed E-state index contributed by atoms with van der Waals surface area (Å²) in [7, 11) is 5.82. The second kappa shape index (κ2) is 46.8. The van der Waals surface area contributed by atoms with Crippen molar-refractivity contribution in [3.05, 3.63) is 412 Å². The number of unbranched alkanes of at least 4 members (excludes halogenated alkanes) is 4. The van der Waals surface area contributed by atoms with Gasteiger partial charge in [0.1, 0.15) is 11.5 Å². The predicted octanol–water partition coefficient (Wildman–Crippen LogP) is 34.6. The molecule has 0 saturated carbocycles. The van der Waals surface area contributed by atoms with E-state index in [1.807, 2.05) is 6.07 Å². The van der Waals surface area contributed by atoms with Crippen LogP contribution < -0.4 is 14.4 Å². The summed E-state index contributed by atoms with van der Waals surface area (Å²) in [6, 6.07) is 120. The Morgan fingerprint density at radius 3 is 0.895 bits per heavy atom. The number of hydrogen-bond acceptors (Lipinski definition) is 3. The highest BCUT2D eigenvalue weighted by Crippen LogP contribution is 2.30. The summed E-state index contributed by atoms with van der Waals surface area (Å²) in [5.41, 5.74) is 20.4. The highest BCUT2D eigenvalue weighted by atomic mass is 16.5. The van der Waals surface area contributed by atoms with Gasteiger partial charge in [0.2, 0.25) is 0 Å². The zero-order valence-electron chi connectivity index (χ0n) is 78.1. The van der Waals surface area contributed by atoms with E-state index in [0.29, 0.717) is 0 Å². The Morgan fingerprint density at radius 1 is 0.242 bits per heavy atom. The van der Waals surface area contributed by atoms with E-state index >= 15 is 0 Å². The van der Waals surface area contributed by atoms with Gasteiger partial charge >= 0.3 is 0 Å². The lowest BCUT2D eigenvalue weighted by molar-refractivity contribution is 0.306. The van der Waals surface area contributed by atoms with Crippen LogP contribution in [0.25, 0.3) is 97.0 Å². The quantitative estimate of drug-likeness (QED) is 0.107. The Morgan fingerprint density at radius 2 is 0.524 bits per heavy atom. The van der Waals surface area contributed by atoms with Crippen LogP contribution in [0.4, 0.5) is 5.69 Å². The first-order valence-electron chi connectivity index (χ1n) is 44.9. The standard InChI is InChI=1S/C16H20O.C16H20.C15H18.C14H16.C13H15N.C12H12O.2C12H12.C11H10/c1-3-4-5-10-17-16-9-8-14-11-13(2)6-7-15(14)12-16;1-3-4-5-6-14-8-10-15-11-13(2)7-9-16(15)12-14;1-11-5-6-13-10-14(15(2,3)4)8-7-12(13)9-11;1-3-4-12-6-8-13-9-11(2)5-7-14(13)10-12;1-10-4-5-12-9-13(14(2)3)7-6-11(12)8-10;1-9-3-4-11-8-12(13-2)6-5-10(11)7-9;1-9-3-5-12-8-10(2)4-6-11(12)7-9;1-9-7-11-5-3-4-6-12(11)8-10(9)2;1-9-6-7-10-4-2-3-5-11(10)8-9/h6-9,11-12H,3-5,10H2,1-2H3;7-12H,3-6H2,1-2H3;5-10H,1-4H3;5-10H,3-4H2,1-2H3;4-9H,1-3H3;3-8H,1-2H3;2*3-8H,1-2H3;2-8H,1H3. The number of nitrogens with zero attached hydrogens (tertiary/aromatic N) is 1. The Bertz CT molecular complexity index is 6390. The van der Waals surface area contributed by atoms with Crippen LogP contribution in [0.1, 0.15) is 164 Å². The molecule has 0 atom stereocenters. The van der Waals surface area contributed by atoms with Gasteiger partial charge in [-0.2, -0.15) is 0 Å². The monoisotopic (exact) mass is 1630 g/mol. The number of methoxy groups -OCH3 is 1. The summed E-state index contributed by atoms with van der Waals surface area (Å²) < 4.78 is 10.9. The van der Waals surface area contributed by atoms with Gasteiger partial charge in [0.25, 0.3) is 0 Å². The van der Waals surface area contributed by atoms with Crippen LogP contribution in [-0.2, 0) is 18.3 Å². The first-order chi connectivity index (χ1) is 59.7. The Kier molecular flexibility index (Phi) is 35.5. The van der Waals surface area contributed by atoms with Gasteiger partial charge in [0.05, 0.1) is 13.7 Å². The zero-order valence-corrected chi connectivity index (χ0v) is 78.1. The molecule has 3 heteroatoms. The predicted molar refractivity (Wildman–Crippen MR) is 549 cm³/mol. The number of aryl methyl sites for hydroxylation is 13. The number of hydrogen-bond donors (Lipinski definition) is 0. The molecule has 0 N–H and O–H groups in total. The molecule has 636 valence electrons. The van der Waals surface area contributed by atoms with Crippen molar-refractivity contribution in [3.63, 3.8) is 0 Å². The van der Waals surface area contributed by atoms with Crippen molar-refractivity contribution in [2.75, 3.05) is 32.7 Å². The fourth-order valence-electron chi connectivity index (χ4n) is 15.2. The number of fused-ring (bicyclic) bond motifs is 9. The largest absolute Gasteiger partial charge is 0.497 e. The minimum Gasteiger partial charge on any atom is -0.497 e. The second-order valence-corrected chi connectivity index (χ2v) is 35.1. The third-order valence-corrected chi connectivity index (χ3v) is 22.7. The molecule has 0 heterocycles. The molecule has 18 aromatic carbocycles. The van der Waals surface area contributed by atoms with E-state index in [-0.39, 0.29) is 5.41 Å². The van der Waals surface area contributed by atoms with Crippen molar-refractivity contribution in [2.45, 2.75) is 181 Å². The van der Waals surface area contributed by atoms with Gasteiger partial charge < -0.3 is 14.4 Å². The van der Waals surface area contributed by atoms with Crippen LogP contribution in [0.15, 0.2) is 334 Å². The number of rotatable bonds is 13. The lowest BCUT2D eigenvalue weighted by Gasteiger charge is -2.19. The molecule has 0 unspecified atom stereocenters. The topological polar surface area (TPSA) is 21.7 Å². The van der Waals surface area contributed by atoms with Gasteiger partial charge in [0.15, 0.2) is 0 Å². The highest BCUT2D eigenvalue weighted by Gasteiger charge is 2.14. The normalized spacial score (nSPS) is 10.7. The molecule has 0 amide bonds. The molecular formula is C121H135NO2. The van der Waals surface area contributed by atoms with Crippen LogP contribution in [0, 0.1) is 76.2 Å². The summed E-state index contributed by atoms with van der Waals surface area (Å²) in [5.74, 6) is 1.90. The van der Waals surface area contributed by atoms with Gasteiger partial charge in [-0.3, -0.25) is 0 Å². The third-order valence-electron chi connectivity index (χ3n) is 22.7. The SMILES string of the molecule is CCCCCOc1ccc2cc(C)ccc2c1.CCCCCc1ccc2cc(C)ccc2c1.CCCc1ccc2cc(C)ccc2c1.COc1ccc2cc(C)ccc2c1.Cc1cc2ccccc2cc1C.Cc1ccc2cc(C(C)(C)C)ccc2c1.Cc1ccc2cc(C)ccc2c1.Cc1ccc2cc(N(C)C)ccc2c1.Cc1ccc2ccccc2c1. The number of benzene rings is 18. The minimum absolute atomic E-state index is 0.235. The van der Waals surface area contributed by atoms with Crippen molar-refractivity contribution in [2.24, 2.45) is 0 Å². The Labute approximate surface area is 743 Å². The van der Waals surface area contributed by atoms with Gasteiger partial charge in [-0.25, -0.2) is 0 Å². The summed E-state index contributed by atoms with van der Waals surface area (Å²) in [6.45, 7) is 37.7. The molecule has 0 saturated heterocycles. The van der Waals surface area contributed by atoms with Gasteiger partial charge in [0, 0.05) is 19.8 Å². The van der Waals surface area contributed by atoms with Crippen LogP contribution in [0.2, 0.25) is 0 Å². The lowest BCUT2D eigenvalue weighted by Crippen LogP contribution is -2.10. The van der Waals surface area contributed by atoms with Crippen LogP contribution in [0.5, 0.6) is 11.5 Å². The first kappa shape index (κ1) is 94.0. The van der Waals surface area contributed by atoms with Crippen molar-refractivity contribution in [3.8, 4) is 11.5 Å². The molecule has 0 aliphatic carbocycles. The molecule has 0 bridgehead atoms. The molecule has 3 nitrogen and oxygen atoms in total. The summed E-state index contributed by atoms with van der Waals surface area (Å²) in [4.78, 5) is 2.12. The Hall–Kier alpha value is -12.3. The highest BCUT2D eigenvalue weighted by molar-refractivity contribution is 5.90. The summed E-state index contributed by atoms with van der Waals surface area (Å²) in [5, 5.41) is 23.8. The zero-order chi connectivity index (χ0) is 88.7. The van der Waals surface area contributed by atoms with Crippen LogP contribution in [0.3, 0.4) is 0 Å². The molecule has 0 radical (unpaired) electrons. The molecule has 18 aromatic rings. The second-order valence-electron chi connectivity index (χ2n) is 35.1. The number of anilines is 1. The van der Waals surface area contributed by atoms with E-state index in [0.717, 1.165) is 24.5 Å². The maximum atomic E-state index is 5.75. The van der Waals surface area contributed by atoms with E-state index in [4.69, 9.17) is 9.47 Å². The first-order valence-corrected chi connectivity index (χ1v) is 44.9. The van der Waals surface area contributed by atoms with Gasteiger partial charge in [-0.1, -0.05) is 421 Å². The molecule has 0 aliphatic rings. The summed E-state index contributed by atoms with van der Waals surface area (Å²) in [6.07, 6.45) is 11.2. The fourth-order valence-corrected chi connectivity index (χ4v) is 15.2. The third kappa shape index (κ3) is 29.2. The van der Waals surface area contributed by atoms with E-state index in [2.05, 4.69) is 464 Å². The van der Waals surface area contributed by atoms with E-state index in [9.17, 15) is 0 Å². The van der Waals surface area contributed by atoms with Crippen molar-refractivity contribution < 1.29 is 9.47 Å². The minimum atomic E-state index is 0.235. The van der Waals surface area contributed by atoms with Crippen LogP contribution >= 0.6 is 0 Å². The smallest absolute Gasteiger partial charge is 0.119 e. The molecule has 0 aliphatic heterocycles. The maximum absolute atomic E-state index is 5.75. The molecular weight excluding hydrogens is 1500 g/mol. The lowest BCUT2D eigenvalue weighted by atomic mass is 9.86. The van der Waals surface area contributed by atoms with Crippen molar-refractivity contribution in [1.82, 2.24) is 0 Å². The molecule has 124 heavy (non-hydrogen) atoms. The maximum Gasteiger partial charge on any atom is 0.119 e. The van der Waals surface area contributed by atoms with Gasteiger partial charge in [-0.05, 0) is 268 Å². The van der Waals surface area contributed by atoms with Crippen molar-refractivity contribution in [1.29, 1.82) is 0 Å². The summed E-state index contributed by atoms with van der Waals surface area (Å²) >= 11 is 0. The fraction of sp³-hybridized carbons (Fsp3) is 0.256. The van der Waals surface area contributed by atoms with E-state index < -0.39 is 0 Å². The molecule has 0 fully saturated rings. The average Bonchev–Trinajstić information content (AvgIpc) is 0.823. The van der Waals surface area contributed by atoms with Gasteiger partial charge in [-0.15, -0.1) is 0 Å². The number of ether oxygens (including phenoxy) is 2. The van der Waals surface area contributed by atoms with E-state index in [1.165, 1.54) is 232 Å². The van der Waals surface area contributed by atoms with Crippen LogP contribution in [-0.4, -0.2) is 27.8 Å². The molecule has 18 rings (SSSR count). The molecule has 0 aromatic heterocycles. The Balaban J connectivity index is 0.000000146.